The Hall–Kier alpha value is -0.620. The lowest BCUT2D eigenvalue weighted by molar-refractivity contribution is -0.117. The van der Waals surface area contributed by atoms with E-state index >= 15 is 0 Å². The first-order valence-corrected chi connectivity index (χ1v) is 6.15. The Morgan fingerprint density at radius 1 is 1.53 bits per heavy atom. The van der Waals surface area contributed by atoms with Gasteiger partial charge in [-0.1, -0.05) is 15.9 Å². The third-order valence-electron chi connectivity index (χ3n) is 2.20. The van der Waals surface area contributed by atoms with Gasteiger partial charge < -0.3 is 5.73 Å². The van der Waals surface area contributed by atoms with Crippen molar-refractivity contribution in [2.75, 3.05) is 17.2 Å². The van der Waals surface area contributed by atoms with Crippen molar-refractivity contribution in [3.63, 3.8) is 0 Å². The smallest absolute Gasteiger partial charge is 0.229 e. The number of hydrogen-bond donors (Lipinski definition) is 1. The second-order valence-electron chi connectivity index (χ2n) is 3.35. The van der Waals surface area contributed by atoms with E-state index in [0.717, 1.165) is 0 Å². The molecule has 0 radical (unpaired) electrons. The first-order chi connectivity index (χ1) is 7.08. The Kier molecular flexibility index (Phi) is 2.97. The molecule has 0 saturated carbocycles. The summed E-state index contributed by atoms with van der Waals surface area (Å²) in [5.74, 6) is 0.588. The number of rotatable bonds is 1. The Balaban J connectivity index is 2.37. The maximum absolute atomic E-state index is 11.6. The van der Waals surface area contributed by atoms with Gasteiger partial charge in [0.1, 0.15) is 4.60 Å². The number of nitrogen functional groups attached to an aromatic ring is 1. The van der Waals surface area contributed by atoms with Crippen LogP contribution in [-0.2, 0) is 4.79 Å². The first-order valence-electron chi connectivity index (χ1n) is 4.44. The summed E-state index contributed by atoms with van der Waals surface area (Å²) in [7, 11) is 0. The van der Waals surface area contributed by atoms with Crippen molar-refractivity contribution in [2.45, 2.75) is 11.2 Å². The van der Waals surface area contributed by atoms with Crippen molar-refractivity contribution in [3.05, 3.63) is 16.7 Å². The molecular formula is C9H9Br2N3O. The summed E-state index contributed by atoms with van der Waals surface area (Å²) in [6, 6.07) is 3.49. The van der Waals surface area contributed by atoms with Crippen LogP contribution in [0.2, 0.25) is 0 Å². The third-order valence-corrected chi connectivity index (χ3v) is 3.26. The number of carbonyl (C=O) groups excluding carboxylic acids is 1. The molecule has 1 amide bonds. The van der Waals surface area contributed by atoms with Crippen LogP contribution in [-0.4, -0.2) is 22.3 Å². The molecule has 2 rings (SSSR count). The SMILES string of the molecule is Nc1ccc(Br)nc1N1CC(Br)CC1=O. The lowest BCUT2D eigenvalue weighted by atomic mass is 10.3. The number of aromatic nitrogens is 1. The lowest BCUT2D eigenvalue weighted by Crippen LogP contribution is -2.26. The van der Waals surface area contributed by atoms with Crippen molar-refractivity contribution in [3.8, 4) is 0 Å². The summed E-state index contributed by atoms with van der Waals surface area (Å²) in [6.07, 6.45) is 0.494. The van der Waals surface area contributed by atoms with Gasteiger partial charge in [-0.25, -0.2) is 4.98 Å². The highest BCUT2D eigenvalue weighted by Gasteiger charge is 2.30. The van der Waals surface area contributed by atoms with Gasteiger partial charge >= 0.3 is 0 Å². The van der Waals surface area contributed by atoms with Crippen LogP contribution in [0.3, 0.4) is 0 Å². The number of nitrogens with zero attached hydrogens (tertiary/aromatic N) is 2. The van der Waals surface area contributed by atoms with Crippen molar-refractivity contribution in [1.82, 2.24) is 4.98 Å². The van der Waals surface area contributed by atoms with Gasteiger partial charge in [-0.3, -0.25) is 9.69 Å². The highest BCUT2D eigenvalue weighted by atomic mass is 79.9. The molecule has 0 aromatic carbocycles. The van der Waals surface area contributed by atoms with Gasteiger partial charge in [0.25, 0.3) is 0 Å². The van der Waals surface area contributed by atoms with E-state index in [1.807, 2.05) is 0 Å². The van der Waals surface area contributed by atoms with E-state index in [4.69, 9.17) is 5.73 Å². The largest absolute Gasteiger partial charge is 0.396 e. The second kappa shape index (κ2) is 4.09. The molecule has 2 heterocycles. The van der Waals surface area contributed by atoms with Crippen LogP contribution in [0.15, 0.2) is 16.7 Å². The van der Waals surface area contributed by atoms with Gasteiger partial charge in [0.15, 0.2) is 5.82 Å². The van der Waals surface area contributed by atoms with E-state index in [1.54, 1.807) is 17.0 Å². The van der Waals surface area contributed by atoms with Gasteiger partial charge in [0, 0.05) is 17.8 Å². The molecule has 2 N–H and O–H groups in total. The third kappa shape index (κ3) is 2.15. The maximum Gasteiger partial charge on any atom is 0.229 e. The fourth-order valence-corrected chi connectivity index (χ4v) is 2.39. The zero-order valence-corrected chi connectivity index (χ0v) is 11.0. The topological polar surface area (TPSA) is 59.2 Å². The highest BCUT2D eigenvalue weighted by molar-refractivity contribution is 9.10. The van der Waals surface area contributed by atoms with E-state index in [1.165, 1.54) is 0 Å². The van der Waals surface area contributed by atoms with E-state index in [2.05, 4.69) is 36.8 Å². The summed E-state index contributed by atoms with van der Waals surface area (Å²) >= 11 is 6.68. The molecule has 0 aliphatic carbocycles. The molecule has 4 nitrogen and oxygen atoms in total. The Morgan fingerprint density at radius 2 is 2.27 bits per heavy atom. The summed E-state index contributed by atoms with van der Waals surface area (Å²) in [6.45, 7) is 0.618. The fourth-order valence-electron chi connectivity index (χ4n) is 1.52. The predicted octanol–water partition coefficient (Wildman–Crippen LogP) is 1.93. The number of alkyl halides is 1. The van der Waals surface area contributed by atoms with E-state index in [9.17, 15) is 4.79 Å². The molecule has 15 heavy (non-hydrogen) atoms. The molecule has 1 aromatic heterocycles. The van der Waals surface area contributed by atoms with Gasteiger partial charge in [0.2, 0.25) is 5.91 Å². The number of halogens is 2. The minimum Gasteiger partial charge on any atom is -0.396 e. The summed E-state index contributed by atoms with van der Waals surface area (Å²) in [5, 5.41) is 0. The van der Waals surface area contributed by atoms with Crippen LogP contribution < -0.4 is 10.6 Å². The predicted molar refractivity (Wildman–Crippen MR) is 66.0 cm³/mol. The fraction of sp³-hybridized carbons (Fsp3) is 0.333. The molecule has 1 aromatic rings. The van der Waals surface area contributed by atoms with E-state index in [-0.39, 0.29) is 10.7 Å². The molecular weight excluding hydrogens is 326 g/mol. The minimum atomic E-state index is 0.0502. The zero-order valence-electron chi connectivity index (χ0n) is 7.78. The van der Waals surface area contributed by atoms with Crippen molar-refractivity contribution >= 4 is 49.3 Å². The van der Waals surface area contributed by atoms with Crippen LogP contribution in [0, 0.1) is 0 Å². The first kappa shape index (κ1) is 10.9. The van der Waals surface area contributed by atoms with Crippen LogP contribution in [0.25, 0.3) is 0 Å². The van der Waals surface area contributed by atoms with Gasteiger partial charge in [-0.05, 0) is 28.1 Å². The molecule has 0 bridgehead atoms. The quantitative estimate of drug-likeness (QED) is 0.630. The number of hydrogen-bond acceptors (Lipinski definition) is 3. The number of anilines is 2. The molecule has 1 atom stereocenters. The second-order valence-corrected chi connectivity index (χ2v) is 5.46. The van der Waals surface area contributed by atoms with Gasteiger partial charge in [0.05, 0.1) is 5.69 Å². The molecule has 6 heteroatoms. The molecule has 1 aliphatic rings. The molecule has 0 spiro atoms. The van der Waals surface area contributed by atoms with Crippen LogP contribution >= 0.6 is 31.9 Å². The van der Waals surface area contributed by atoms with Crippen molar-refractivity contribution < 1.29 is 4.79 Å². The summed E-state index contributed by atoms with van der Waals surface area (Å²) in [4.78, 5) is 17.6. The van der Waals surface area contributed by atoms with Crippen LogP contribution in [0.4, 0.5) is 11.5 Å². The normalized spacial score (nSPS) is 21.1. The molecule has 1 fully saturated rings. The van der Waals surface area contributed by atoms with Crippen LogP contribution in [0.1, 0.15) is 6.42 Å². The Labute approximate surface area is 104 Å². The number of nitrogens with two attached hydrogens (primary N) is 1. The zero-order chi connectivity index (χ0) is 11.0. The standard InChI is InChI=1S/C9H9Br2N3O/c10-5-3-8(15)14(4-5)9-6(12)1-2-7(11)13-9/h1-2,5H,3-4,12H2. The molecule has 1 aliphatic heterocycles. The average Bonchev–Trinajstić information content (AvgIpc) is 2.50. The minimum absolute atomic E-state index is 0.0502. The Bertz CT molecular complexity index is 410. The monoisotopic (exact) mass is 333 g/mol. The molecule has 1 unspecified atom stereocenters. The highest BCUT2D eigenvalue weighted by Crippen LogP contribution is 2.29. The lowest BCUT2D eigenvalue weighted by Gasteiger charge is -2.16. The van der Waals surface area contributed by atoms with Gasteiger partial charge in [-0.15, -0.1) is 0 Å². The maximum atomic E-state index is 11.6. The summed E-state index contributed by atoms with van der Waals surface area (Å²) in [5.41, 5.74) is 6.31. The van der Waals surface area contributed by atoms with E-state index in [0.29, 0.717) is 29.1 Å². The Morgan fingerprint density at radius 3 is 2.87 bits per heavy atom. The number of pyridine rings is 1. The van der Waals surface area contributed by atoms with Crippen molar-refractivity contribution in [1.29, 1.82) is 0 Å². The number of amides is 1. The summed E-state index contributed by atoms with van der Waals surface area (Å²) < 4.78 is 0.678. The van der Waals surface area contributed by atoms with Gasteiger partial charge in [-0.2, -0.15) is 0 Å². The van der Waals surface area contributed by atoms with E-state index < -0.39 is 0 Å². The molecule has 1 saturated heterocycles. The average molecular weight is 335 g/mol. The van der Waals surface area contributed by atoms with Crippen LogP contribution in [0.5, 0.6) is 0 Å². The molecule has 80 valence electrons. The number of carbonyl (C=O) groups is 1. The van der Waals surface area contributed by atoms with Crippen molar-refractivity contribution in [2.24, 2.45) is 0 Å².